The Kier molecular flexibility index (Phi) is 3.31. The van der Waals surface area contributed by atoms with E-state index in [2.05, 4.69) is 9.97 Å². The molecule has 0 amide bonds. The predicted molar refractivity (Wildman–Crippen MR) is 57.5 cm³/mol. The standard InChI is InChI=1S/C10H14N4O2/c11-9(12)8-1-3-13-10(14-8)16-6-7-2-4-15-5-7/h1,3,7H,2,4-6H2,(H3,11,12). The van der Waals surface area contributed by atoms with Gasteiger partial charge in [0.1, 0.15) is 11.5 Å². The average Bonchev–Trinajstić information content (AvgIpc) is 2.79. The molecule has 1 aromatic heterocycles. The summed E-state index contributed by atoms with van der Waals surface area (Å²) in [6.45, 7) is 2.07. The molecular weight excluding hydrogens is 208 g/mol. The molecule has 0 saturated carbocycles. The van der Waals surface area contributed by atoms with Gasteiger partial charge in [0.2, 0.25) is 0 Å². The molecule has 0 aliphatic carbocycles. The van der Waals surface area contributed by atoms with Crippen LogP contribution in [0.3, 0.4) is 0 Å². The highest BCUT2D eigenvalue weighted by atomic mass is 16.5. The number of ether oxygens (including phenoxy) is 2. The van der Waals surface area contributed by atoms with Crippen LogP contribution in [0, 0.1) is 11.3 Å². The maximum Gasteiger partial charge on any atom is 0.317 e. The minimum atomic E-state index is -0.0866. The molecule has 0 bridgehead atoms. The molecule has 1 aliphatic rings. The average molecular weight is 222 g/mol. The fourth-order valence-corrected chi connectivity index (χ4v) is 1.47. The van der Waals surface area contributed by atoms with E-state index in [1.54, 1.807) is 6.07 Å². The SMILES string of the molecule is N=C(N)c1ccnc(OCC2CCOC2)n1. The summed E-state index contributed by atoms with van der Waals surface area (Å²) >= 11 is 0. The fraction of sp³-hybridized carbons (Fsp3) is 0.500. The van der Waals surface area contributed by atoms with Crippen molar-refractivity contribution in [3.63, 3.8) is 0 Å². The van der Waals surface area contributed by atoms with Crippen LogP contribution in [0.5, 0.6) is 6.01 Å². The molecule has 0 radical (unpaired) electrons. The lowest BCUT2D eigenvalue weighted by Gasteiger charge is -2.08. The van der Waals surface area contributed by atoms with Gasteiger partial charge in [-0.25, -0.2) is 4.98 Å². The first-order chi connectivity index (χ1) is 7.75. The van der Waals surface area contributed by atoms with E-state index < -0.39 is 0 Å². The number of nitrogen functional groups attached to an aromatic ring is 1. The second-order valence-electron chi connectivity index (χ2n) is 3.68. The highest BCUT2D eigenvalue weighted by molar-refractivity contribution is 5.92. The Bertz CT molecular complexity index is 377. The summed E-state index contributed by atoms with van der Waals surface area (Å²) in [4.78, 5) is 7.97. The predicted octanol–water partition coefficient (Wildman–Crippen LogP) is 0.176. The van der Waals surface area contributed by atoms with Crippen molar-refractivity contribution < 1.29 is 9.47 Å². The molecule has 2 rings (SSSR count). The molecule has 6 nitrogen and oxygen atoms in total. The lowest BCUT2D eigenvalue weighted by molar-refractivity contribution is 0.163. The second kappa shape index (κ2) is 4.89. The Balaban J connectivity index is 1.93. The van der Waals surface area contributed by atoms with Crippen LogP contribution < -0.4 is 10.5 Å². The number of rotatable bonds is 4. The number of nitrogens with two attached hydrogens (primary N) is 1. The van der Waals surface area contributed by atoms with Crippen molar-refractivity contribution in [3.05, 3.63) is 18.0 Å². The van der Waals surface area contributed by atoms with Crippen molar-refractivity contribution in [3.8, 4) is 6.01 Å². The third kappa shape index (κ3) is 2.66. The van der Waals surface area contributed by atoms with Gasteiger partial charge in [-0.2, -0.15) is 4.98 Å². The van der Waals surface area contributed by atoms with Crippen LogP contribution in [0.1, 0.15) is 12.1 Å². The van der Waals surface area contributed by atoms with E-state index in [1.807, 2.05) is 0 Å². The Morgan fingerprint density at radius 3 is 3.25 bits per heavy atom. The summed E-state index contributed by atoms with van der Waals surface area (Å²) < 4.78 is 10.7. The topological polar surface area (TPSA) is 94.1 Å². The van der Waals surface area contributed by atoms with Crippen LogP contribution in [-0.2, 0) is 4.74 Å². The van der Waals surface area contributed by atoms with Crippen molar-refractivity contribution in [2.75, 3.05) is 19.8 Å². The molecule has 0 spiro atoms. The first kappa shape index (κ1) is 10.8. The van der Waals surface area contributed by atoms with Crippen LogP contribution in [-0.4, -0.2) is 35.6 Å². The molecule has 1 aromatic rings. The number of amidine groups is 1. The maximum absolute atomic E-state index is 7.24. The van der Waals surface area contributed by atoms with Gasteiger partial charge in [0.25, 0.3) is 0 Å². The van der Waals surface area contributed by atoms with Gasteiger partial charge >= 0.3 is 6.01 Å². The monoisotopic (exact) mass is 222 g/mol. The summed E-state index contributed by atoms with van der Waals surface area (Å²) in [6, 6.07) is 1.84. The van der Waals surface area contributed by atoms with Crippen LogP contribution in [0.4, 0.5) is 0 Å². The third-order valence-corrected chi connectivity index (χ3v) is 2.38. The Morgan fingerprint density at radius 2 is 2.56 bits per heavy atom. The van der Waals surface area contributed by atoms with Crippen LogP contribution in [0.25, 0.3) is 0 Å². The summed E-state index contributed by atoms with van der Waals surface area (Å²) in [5, 5.41) is 7.24. The summed E-state index contributed by atoms with van der Waals surface area (Å²) in [7, 11) is 0. The van der Waals surface area contributed by atoms with Crippen molar-refractivity contribution in [1.82, 2.24) is 9.97 Å². The van der Waals surface area contributed by atoms with Gasteiger partial charge in [-0.05, 0) is 12.5 Å². The van der Waals surface area contributed by atoms with E-state index in [4.69, 9.17) is 20.6 Å². The van der Waals surface area contributed by atoms with E-state index in [0.717, 1.165) is 19.6 Å². The molecule has 1 saturated heterocycles. The number of hydrogen-bond acceptors (Lipinski definition) is 5. The molecule has 16 heavy (non-hydrogen) atoms. The van der Waals surface area contributed by atoms with Crippen molar-refractivity contribution >= 4 is 5.84 Å². The zero-order valence-electron chi connectivity index (χ0n) is 8.85. The maximum atomic E-state index is 7.24. The van der Waals surface area contributed by atoms with E-state index >= 15 is 0 Å². The van der Waals surface area contributed by atoms with E-state index in [-0.39, 0.29) is 11.8 Å². The normalized spacial score (nSPS) is 19.6. The zero-order chi connectivity index (χ0) is 11.4. The minimum absolute atomic E-state index is 0.0866. The lowest BCUT2D eigenvalue weighted by Crippen LogP contribution is -2.16. The lowest BCUT2D eigenvalue weighted by atomic mass is 10.1. The van der Waals surface area contributed by atoms with Gasteiger partial charge in [0.15, 0.2) is 0 Å². The Labute approximate surface area is 93.3 Å². The first-order valence-electron chi connectivity index (χ1n) is 5.13. The molecular formula is C10H14N4O2. The van der Waals surface area contributed by atoms with E-state index in [0.29, 0.717) is 18.2 Å². The number of hydrogen-bond donors (Lipinski definition) is 2. The summed E-state index contributed by atoms with van der Waals surface area (Å²) in [5.74, 6) is 0.320. The van der Waals surface area contributed by atoms with Gasteiger partial charge in [0.05, 0.1) is 13.2 Å². The molecule has 1 unspecified atom stereocenters. The molecule has 3 N–H and O–H groups in total. The Morgan fingerprint density at radius 1 is 1.69 bits per heavy atom. The highest BCUT2D eigenvalue weighted by Crippen LogP contribution is 2.13. The van der Waals surface area contributed by atoms with Gasteiger partial charge < -0.3 is 15.2 Å². The Hall–Kier alpha value is -1.69. The quantitative estimate of drug-likeness (QED) is 0.559. The number of nitrogens with zero attached hydrogens (tertiary/aromatic N) is 2. The number of nitrogens with one attached hydrogen (secondary N) is 1. The minimum Gasteiger partial charge on any atom is -0.463 e. The molecule has 86 valence electrons. The molecule has 6 heteroatoms. The molecule has 1 fully saturated rings. The van der Waals surface area contributed by atoms with Crippen molar-refractivity contribution in [1.29, 1.82) is 5.41 Å². The summed E-state index contributed by atoms with van der Waals surface area (Å²) in [5.41, 5.74) is 5.70. The third-order valence-electron chi connectivity index (χ3n) is 2.38. The van der Waals surface area contributed by atoms with Gasteiger partial charge in [-0.3, -0.25) is 5.41 Å². The van der Waals surface area contributed by atoms with Crippen LogP contribution in [0.2, 0.25) is 0 Å². The van der Waals surface area contributed by atoms with Crippen molar-refractivity contribution in [2.24, 2.45) is 11.7 Å². The van der Waals surface area contributed by atoms with Gasteiger partial charge in [-0.1, -0.05) is 0 Å². The number of aromatic nitrogens is 2. The largest absolute Gasteiger partial charge is 0.463 e. The fourth-order valence-electron chi connectivity index (χ4n) is 1.47. The highest BCUT2D eigenvalue weighted by Gasteiger charge is 2.16. The molecule has 1 aliphatic heterocycles. The molecule has 1 atom stereocenters. The second-order valence-corrected chi connectivity index (χ2v) is 3.68. The zero-order valence-corrected chi connectivity index (χ0v) is 8.85. The smallest absolute Gasteiger partial charge is 0.317 e. The van der Waals surface area contributed by atoms with E-state index in [9.17, 15) is 0 Å². The van der Waals surface area contributed by atoms with E-state index in [1.165, 1.54) is 6.20 Å². The van der Waals surface area contributed by atoms with Crippen molar-refractivity contribution in [2.45, 2.75) is 6.42 Å². The molecule has 2 heterocycles. The van der Waals surface area contributed by atoms with Crippen LogP contribution >= 0.6 is 0 Å². The summed E-state index contributed by atoms with van der Waals surface area (Å²) in [6.07, 6.45) is 2.54. The van der Waals surface area contributed by atoms with Gasteiger partial charge in [0, 0.05) is 18.7 Å². The van der Waals surface area contributed by atoms with Crippen LogP contribution in [0.15, 0.2) is 12.3 Å². The van der Waals surface area contributed by atoms with Gasteiger partial charge in [-0.15, -0.1) is 0 Å². The molecule has 0 aromatic carbocycles. The first-order valence-corrected chi connectivity index (χ1v) is 5.13.